The molecule has 21 heavy (non-hydrogen) atoms. The summed E-state index contributed by atoms with van der Waals surface area (Å²) in [5.41, 5.74) is 0.882. The van der Waals surface area contributed by atoms with Crippen molar-refractivity contribution in [3.63, 3.8) is 0 Å². The van der Waals surface area contributed by atoms with Crippen molar-refractivity contribution < 1.29 is 14.3 Å². The van der Waals surface area contributed by atoms with Gasteiger partial charge in [0, 0.05) is 37.5 Å². The van der Waals surface area contributed by atoms with E-state index in [1.807, 2.05) is 13.2 Å². The van der Waals surface area contributed by atoms with Crippen molar-refractivity contribution in [1.29, 1.82) is 0 Å². The van der Waals surface area contributed by atoms with Crippen LogP contribution in [0.3, 0.4) is 0 Å². The minimum Gasteiger partial charge on any atom is -0.469 e. The van der Waals surface area contributed by atoms with Crippen LogP contribution in [0.4, 0.5) is 0 Å². The van der Waals surface area contributed by atoms with Crippen LogP contribution in [-0.2, 0) is 21.4 Å². The maximum atomic E-state index is 12.3. The topological polar surface area (TPSA) is 64.4 Å². The monoisotopic (exact) mass is 291 g/mol. The minimum atomic E-state index is -0.268. The first kappa shape index (κ1) is 15.3. The molecule has 0 bridgehead atoms. The van der Waals surface area contributed by atoms with E-state index in [0.29, 0.717) is 6.54 Å². The Hall–Kier alpha value is -2.11. The molecule has 1 aromatic rings. The molecular weight excluding hydrogens is 270 g/mol. The highest BCUT2D eigenvalue weighted by atomic mass is 16.5. The summed E-state index contributed by atoms with van der Waals surface area (Å²) in [6.07, 6.45) is 9.97. The Balaban J connectivity index is 2.01. The number of hydrogen-bond acceptors (Lipinski definition) is 4. The van der Waals surface area contributed by atoms with E-state index >= 15 is 0 Å². The third-order valence-corrected chi connectivity index (χ3v) is 3.68. The van der Waals surface area contributed by atoms with Crippen LogP contribution in [0, 0.1) is 0 Å². The maximum absolute atomic E-state index is 12.3. The second-order valence-corrected chi connectivity index (χ2v) is 5.24. The predicted molar refractivity (Wildman–Crippen MR) is 78.2 cm³/mol. The van der Waals surface area contributed by atoms with Crippen LogP contribution in [0.5, 0.6) is 0 Å². The van der Waals surface area contributed by atoms with Crippen molar-refractivity contribution in [1.82, 2.24) is 14.7 Å². The highest BCUT2D eigenvalue weighted by Gasteiger charge is 2.27. The molecule has 1 unspecified atom stereocenters. The molecule has 0 radical (unpaired) electrons. The molecule has 114 valence electrons. The number of ether oxygens (including phenoxy) is 1. The minimum absolute atomic E-state index is 0.0581. The summed E-state index contributed by atoms with van der Waals surface area (Å²) in [7, 11) is 3.20. The summed E-state index contributed by atoms with van der Waals surface area (Å²) in [5, 5.41) is 4.05. The van der Waals surface area contributed by atoms with Crippen LogP contribution in [0.1, 0.15) is 31.2 Å². The zero-order valence-electron chi connectivity index (χ0n) is 12.5. The first-order valence-electron chi connectivity index (χ1n) is 7.14. The SMILES string of the molecule is COC(=O)CC1CCCCN1C(=O)/C=C/c1cnn(C)c1. The first-order chi connectivity index (χ1) is 10.1. The second kappa shape index (κ2) is 7.06. The number of methoxy groups -OCH3 is 1. The summed E-state index contributed by atoms with van der Waals surface area (Å²) in [5.74, 6) is -0.330. The van der Waals surface area contributed by atoms with Crippen molar-refractivity contribution >= 4 is 18.0 Å². The number of likely N-dealkylation sites (tertiary alicyclic amines) is 1. The zero-order chi connectivity index (χ0) is 15.2. The quantitative estimate of drug-likeness (QED) is 0.621. The fourth-order valence-corrected chi connectivity index (χ4v) is 2.57. The smallest absolute Gasteiger partial charge is 0.307 e. The molecule has 6 nitrogen and oxygen atoms in total. The van der Waals surface area contributed by atoms with Crippen molar-refractivity contribution in [2.24, 2.45) is 7.05 Å². The van der Waals surface area contributed by atoms with Crippen molar-refractivity contribution in [2.75, 3.05) is 13.7 Å². The number of piperidine rings is 1. The molecule has 2 heterocycles. The van der Waals surface area contributed by atoms with Gasteiger partial charge in [0.15, 0.2) is 0 Å². The van der Waals surface area contributed by atoms with Gasteiger partial charge in [-0.05, 0) is 25.3 Å². The number of carbonyl (C=O) groups is 2. The summed E-state index contributed by atoms with van der Waals surface area (Å²) >= 11 is 0. The highest BCUT2D eigenvalue weighted by molar-refractivity contribution is 5.92. The van der Waals surface area contributed by atoms with Crippen LogP contribution in [0.2, 0.25) is 0 Å². The number of amides is 1. The summed E-state index contributed by atoms with van der Waals surface area (Å²) < 4.78 is 6.39. The molecule has 2 rings (SSSR count). The Morgan fingerprint density at radius 2 is 2.29 bits per heavy atom. The van der Waals surface area contributed by atoms with E-state index < -0.39 is 0 Å². The molecular formula is C15H21N3O3. The Morgan fingerprint density at radius 3 is 2.95 bits per heavy atom. The second-order valence-electron chi connectivity index (χ2n) is 5.24. The maximum Gasteiger partial charge on any atom is 0.307 e. The van der Waals surface area contributed by atoms with E-state index in [2.05, 4.69) is 5.10 Å². The fourth-order valence-electron chi connectivity index (χ4n) is 2.57. The molecule has 1 atom stereocenters. The normalized spacial score (nSPS) is 19.0. The Kier molecular flexibility index (Phi) is 5.14. The number of carbonyl (C=O) groups excluding carboxylic acids is 2. The third kappa shape index (κ3) is 4.18. The molecule has 1 fully saturated rings. The molecule has 1 saturated heterocycles. The van der Waals surface area contributed by atoms with E-state index in [1.165, 1.54) is 7.11 Å². The van der Waals surface area contributed by atoms with Gasteiger partial charge in [0.2, 0.25) is 5.91 Å². The molecule has 0 aromatic carbocycles. The summed E-state index contributed by atoms with van der Waals surface area (Å²) in [6.45, 7) is 0.692. The van der Waals surface area contributed by atoms with Gasteiger partial charge >= 0.3 is 5.97 Å². The van der Waals surface area contributed by atoms with Crippen LogP contribution in [-0.4, -0.2) is 46.3 Å². The van der Waals surface area contributed by atoms with Gasteiger partial charge in [-0.1, -0.05) is 0 Å². The summed E-state index contributed by atoms with van der Waals surface area (Å²) in [4.78, 5) is 25.5. The third-order valence-electron chi connectivity index (χ3n) is 3.68. The molecule has 1 amide bonds. The van der Waals surface area contributed by atoms with Crippen molar-refractivity contribution in [3.8, 4) is 0 Å². The van der Waals surface area contributed by atoms with Crippen LogP contribution < -0.4 is 0 Å². The van der Waals surface area contributed by atoms with Crippen LogP contribution in [0.15, 0.2) is 18.5 Å². The average molecular weight is 291 g/mol. The van der Waals surface area contributed by atoms with Crippen molar-refractivity contribution in [3.05, 3.63) is 24.0 Å². The van der Waals surface area contributed by atoms with Crippen molar-refractivity contribution in [2.45, 2.75) is 31.7 Å². The summed E-state index contributed by atoms with van der Waals surface area (Å²) in [6, 6.07) is -0.0581. The molecule has 1 aliphatic rings. The van der Waals surface area contributed by atoms with Gasteiger partial charge in [-0.25, -0.2) is 0 Å². The van der Waals surface area contributed by atoms with Crippen LogP contribution >= 0.6 is 0 Å². The standard InChI is InChI=1S/C15H21N3O3/c1-17-11-12(10-16-17)6-7-14(19)18-8-4-3-5-13(18)9-15(20)21-2/h6-7,10-11,13H,3-5,8-9H2,1-2H3/b7-6+. The first-order valence-corrected chi connectivity index (χ1v) is 7.14. The van der Waals surface area contributed by atoms with Gasteiger partial charge in [-0.15, -0.1) is 0 Å². The van der Waals surface area contributed by atoms with Gasteiger partial charge < -0.3 is 9.64 Å². The van der Waals surface area contributed by atoms with E-state index in [9.17, 15) is 9.59 Å². The van der Waals surface area contributed by atoms with Gasteiger partial charge in [0.25, 0.3) is 0 Å². The fraction of sp³-hybridized carbons (Fsp3) is 0.533. The Bertz CT molecular complexity index is 536. The van der Waals surface area contributed by atoms with Gasteiger partial charge in [0.1, 0.15) is 0 Å². The van der Waals surface area contributed by atoms with E-state index in [0.717, 1.165) is 24.8 Å². The molecule has 1 aromatic heterocycles. The van der Waals surface area contributed by atoms with E-state index in [1.54, 1.807) is 27.9 Å². The average Bonchev–Trinajstić information content (AvgIpc) is 2.91. The predicted octanol–water partition coefficient (Wildman–Crippen LogP) is 1.38. The number of esters is 1. The number of aromatic nitrogens is 2. The van der Waals surface area contributed by atoms with Gasteiger partial charge in [0.05, 0.1) is 19.7 Å². The molecule has 1 aliphatic heterocycles. The van der Waals surface area contributed by atoms with E-state index in [-0.39, 0.29) is 24.3 Å². The van der Waals surface area contributed by atoms with Gasteiger partial charge in [-0.2, -0.15) is 5.10 Å². The lowest BCUT2D eigenvalue weighted by Gasteiger charge is -2.34. The lowest BCUT2D eigenvalue weighted by molar-refractivity contribution is -0.143. The molecule has 0 aliphatic carbocycles. The molecule has 0 saturated carbocycles. The number of hydrogen-bond donors (Lipinski definition) is 0. The lowest BCUT2D eigenvalue weighted by Crippen LogP contribution is -2.44. The number of rotatable bonds is 4. The number of nitrogens with zero attached hydrogens (tertiary/aromatic N) is 3. The van der Waals surface area contributed by atoms with Gasteiger partial charge in [-0.3, -0.25) is 14.3 Å². The lowest BCUT2D eigenvalue weighted by atomic mass is 9.99. The largest absolute Gasteiger partial charge is 0.469 e. The number of aryl methyl sites for hydroxylation is 1. The highest BCUT2D eigenvalue weighted by Crippen LogP contribution is 2.20. The van der Waals surface area contributed by atoms with E-state index in [4.69, 9.17) is 4.74 Å². The zero-order valence-corrected chi connectivity index (χ0v) is 12.5. The molecule has 6 heteroatoms. The molecule has 0 N–H and O–H groups in total. The Labute approximate surface area is 124 Å². The Morgan fingerprint density at radius 1 is 1.48 bits per heavy atom. The van der Waals surface area contributed by atoms with Crippen LogP contribution in [0.25, 0.3) is 6.08 Å². The molecule has 0 spiro atoms.